The third kappa shape index (κ3) is 4.04. The average molecular weight is 425 g/mol. The van der Waals surface area contributed by atoms with Gasteiger partial charge >= 0.3 is 5.69 Å². The van der Waals surface area contributed by atoms with Gasteiger partial charge in [0.05, 0.1) is 19.0 Å². The summed E-state index contributed by atoms with van der Waals surface area (Å²) in [5, 5.41) is 3.38. The molecule has 0 aromatic carbocycles. The van der Waals surface area contributed by atoms with Crippen molar-refractivity contribution in [1.29, 1.82) is 0 Å². The van der Waals surface area contributed by atoms with Crippen LogP contribution in [0.25, 0.3) is 11.2 Å². The van der Waals surface area contributed by atoms with Crippen molar-refractivity contribution in [3.8, 4) is 0 Å². The molecule has 2 aromatic rings. The first-order valence-electron chi connectivity index (χ1n) is 9.84. The first kappa shape index (κ1) is 21.4. The van der Waals surface area contributed by atoms with E-state index in [9.17, 15) is 9.59 Å². The molecule has 2 aliphatic rings. The van der Waals surface area contributed by atoms with Gasteiger partial charge in [0.25, 0.3) is 5.56 Å². The molecule has 4 rings (SSSR count). The van der Waals surface area contributed by atoms with Gasteiger partial charge in [0.15, 0.2) is 11.2 Å². The molecule has 0 radical (unpaired) electrons. The summed E-state index contributed by atoms with van der Waals surface area (Å²) in [6.07, 6.45) is 2.95. The second-order valence-corrected chi connectivity index (χ2v) is 7.25. The van der Waals surface area contributed by atoms with Crippen molar-refractivity contribution in [3.63, 3.8) is 0 Å². The minimum Gasteiger partial charge on any atom is -1.00 e. The van der Waals surface area contributed by atoms with E-state index in [1.807, 2.05) is 4.57 Å². The summed E-state index contributed by atoms with van der Waals surface area (Å²) in [6, 6.07) is 0. The fourth-order valence-electron chi connectivity index (χ4n) is 3.81. The number of aryl methyl sites for hydroxylation is 2. The number of fused-ring (bicyclic) bond motifs is 1. The SMILES string of the molecule is Cn1c(=O)c2c(nc(N3CCOCC3)n2CCCNC2=NCCC2)n(C)c1=O.[Cl-]. The standard InChI is InChI=1S/C18H27N7O3.ClH/c1-22-15-14(16(26)23(2)18(22)27)25(8-4-7-20-13-5-3-6-19-13)17(21-15)24-9-11-28-12-10-24;/h3-12H2,1-2H3,(H,19,20);1H/p-1. The molecule has 2 aliphatic heterocycles. The van der Waals surface area contributed by atoms with Crippen LogP contribution in [0.2, 0.25) is 0 Å². The van der Waals surface area contributed by atoms with Crippen molar-refractivity contribution in [2.45, 2.75) is 25.8 Å². The van der Waals surface area contributed by atoms with E-state index >= 15 is 0 Å². The molecule has 0 bridgehead atoms. The summed E-state index contributed by atoms with van der Waals surface area (Å²) in [4.78, 5) is 36.4. The predicted molar refractivity (Wildman–Crippen MR) is 107 cm³/mol. The highest BCUT2D eigenvalue weighted by Gasteiger charge is 2.23. The van der Waals surface area contributed by atoms with Gasteiger partial charge in [-0.05, 0) is 12.8 Å². The number of nitrogens with one attached hydrogen (secondary N) is 1. The minimum atomic E-state index is -0.364. The van der Waals surface area contributed by atoms with Crippen molar-refractivity contribution in [2.24, 2.45) is 19.1 Å². The van der Waals surface area contributed by atoms with Crippen molar-refractivity contribution >= 4 is 22.9 Å². The van der Waals surface area contributed by atoms with Crippen LogP contribution in [-0.4, -0.2) is 63.9 Å². The maximum Gasteiger partial charge on any atom is 0.332 e. The number of aromatic nitrogens is 4. The zero-order valence-electron chi connectivity index (χ0n) is 16.9. The molecule has 1 fully saturated rings. The van der Waals surface area contributed by atoms with Crippen LogP contribution in [-0.2, 0) is 25.4 Å². The molecule has 2 aromatic heterocycles. The van der Waals surface area contributed by atoms with Crippen LogP contribution in [0, 0.1) is 0 Å². The topological polar surface area (TPSA) is 98.7 Å². The third-order valence-electron chi connectivity index (χ3n) is 5.38. The van der Waals surface area contributed by atoms with E-state index in [0.29, 0.717) is 44.0 Å². The van der Waals surface area contributed by atoms with Crippen LogP contribution < -0.4 is 33.9 Å². The quantitative estimate of drug-likeness (QED) is 0.499. The number of anilines is 1. The molecule has 11 heteroatoms. The van der Waals surface area contributed by atoms with E-state index in [0.717, 1.165) is 48.7 Å². The summed E-state index contributed by atoms with van der Waals surface area (Å²) in [7, 11) is 3.17. The molecule has 160 valence electrons. The molecule has 0 saturated carbocycles. The maximum atomic E-state index is 12.9. The lowest BCUT2D eigenvalue weighted by atomic mass is 10.3. The number of morpholine rings is 1. The van der Waals surface area contributed by atoms with Crippen LogP contribution in [0.15, 0.2) is 14.6 Å². The highest BCUT2D eigenvalue weighted by atomic mass is 35.5. The highest BCUT2D eigenvalue weighted by Crippen LogP contribution is 2.21. The van der Waals surface area contributed by atoms with Gasteiger partial charge in [-0.1, -0.05) is 0 Å². The zero-order valence-corrected chi connectivity index (χ0v) is 17.6. The summed E-state index contributed by atoms with van der Waals surface area (Å²) >= 11 is 0. The molecule has 0 aliphatic carbocycles. The second-order valence-electron chi connectivity index (χ2n) is 7.25. The molecule has 0 atom stereocenters. The number of ether oxygens (including phenoxy) is 1. The molecule has 1 saturated heterocycles. The molecule has 0 amide bonds. The number of nitrogens with zero attached hydrogens (tertiary/aromatic N) is 6. The van der Waals surface area contributed by atoms with Crippen molar-refractivity contribution < 1.29 is 17.1 Å². The molecule has 0 spiro atoms. The molecular formula is C18H27ClN7O3-. The summed E-state index contributed by atoms with van der Waals surface area (Å²) in [5.74, 6) is 1.80. The van der Waals surface area contributed by atoms with Gasteiger partial charge in [0, 0.05) is 53.2 Å². The van der Waals surface area contributed by atoms with Gasteiger partial charge in [-0.25, -0.2) is 4.79 Å². The Bertz CT molecular complexity index is 1020. The number of hydrogen-bond acceptors (Lipinski definition) is 7. The lowest BCUT2D eigenvalue weighted by Crippen LogP contribution is -3.00. The van der Waals surface area contributed by atoms with Crippen LogP contribution in [0.1, 0.15) is 19.3 Å². The Morgan fingerprint density at radius 2 is 1.90 bits per heavy atom. The summed E-state index contributed by atoms with van der Waals surface area (Å²) in [6.45, 7) is 5.01. The van der Waals surface area contributed by atoms with Gasteiger partial charge in [-0.2, -0.15) is 4.98 Å². The summed E-state index contributed by atoms with van der Waals surface area (Å²) < 4.78 is 10.0. The van der Waals surface area contributed by atoms with Gasteiger partial charge in [-0.15, -0.1) is 0 Å². The van der Waals surface area contributed by atoms with Crippen LogP contribution in [0.3, 0.4) is 0 Å². The Morgan fingerprint density at radius 3 is 2.59 bits per heavy atom. The summed E-state index contributed by atoms with van der Waals surface area (Å²) in [5.41, 5.74) is 0.238. The lowest BCUT2D eigenvalue weighted by molar-refractivity contribution is -0.00000689. The third-order valence-corrected chi connectivity index (χ3v) is 5.38. The first-order valence-corrected chi connectivity index (χ1v) is 9.84. The Labute approximate surface area is 174 Å². The number of halogens is 1. The van der Waals surface area contributed by atoms with E-state index in [2.05, 4.69) is 15.2 Å². The Morgan fingerprint density at radius 1 is 1.14 bits per heavy atom. The first-order chi connectivity index (χ1) is 13.6. The highest BCUT2D eigenvalue weighted by molar-refractivity contribution is 5.83. The number of hydrogen-bond donors (Lipinski definition) is 1. The van der Waals surface area contributed by atoms with Gasteiger partial charge < -0.3 is 31.9 Å². The minimum absolute atomic E-state index is 0. The van der Waals surface area contributed by atoms with Gasteiger partial charge in [0.1, 0.15) is 0 Å². The molecule has 1 N–H and O–H groups in total. The average Bonchev–Trinajstić information content (AvgIpc) is 3.36. The monoisotopic (exact) mass is 424 g/mol. The van der Waals surface area contributed by atoms with E-state index in [4.69, 9.17) is 9.72 Å². The predicted octanol–water partition coefficient (Wildman–Crippen LogP) is -3.55. The van der Waals surface area contributed by atoms with Crippen molar-refractivity contribution in [1.82, 2.24) is 24.0 Å². The Hall–Kier alpha value is -2.33. The number of rotatable bonds is 5. The Kier molecular flexibility index (Phi) is 6.63. The normalized spacial score (nSPS) is 16.8. The van der Waals surface area contributed by atoms with Crippen LogP contribution in [0.4, 0.5) is 5.95 Å². The fraction of sp³-hybridized carbons (Fsp3) is 0.667. The van der Waals surface area contributed by atoms with Crippen LogP contribution in [0.5, 0.6) is 0 Å². The van der Waals surface area contributed by atoms with E-state index < -0.39 is 0 Å². The smallest absolute Gasteiger partial charge is 0.332 e. The maximum absolute atomic E-state index is 12.9. The van der Waals surface area contributed by atoms with E-state index in [1.165, 1.54) is 11.6 Å². The van der Waals surface area contributed by atoms with Crippen molar-refractivity contribution in [2.75, 3.05) is 44.3 Å². The fourth-order valence-corrected chi connectivity index (χ4v) is 3.81. The molecule has 0 unspecified atom stereocenters. The lowest BCUT2D eigenvalue weighted by Gasteiger charge is -2.28. The zero-order chi connectivity index (χ0) is 19.7. The number of aliphatic imine (C=N–C) groups is 1. The van der Waals surface area contributed by atoms with E-state index in [-0.39, 0.29) is 23.7 Å². The second kappa shape index (κ2) is 9.00. The van der Waals surface area contributed by atoms with Crippen LogP contribution >= 0.6 is 0 Å². The molecule has 29 heavy (non-hydrogen) atoms. The molecule has 4 heterocycles. The molecule has 10 nitrogen and oxygen atoms in total. The van der Waals surface area contributed by atoms with Crippen molar-refractivity contribution in [3.05, 3.63) is 20.8 Å². The largest absolute Gasteiger partial charge is 1.00 e. The van der Waals surface area contributed by atoms with E-state index in [1.54, 1.807) is 7.05 Å². The van der Waals surface area contributed by atoms with Gasteiger partial charge in [-0.3, -0.25) is 18.9 Å². The van der Waals surface area contributed by atoms with Gasteiger partial charge in [0.2, 0.25) is 5.95 Å². The molecular weight excluding hydrogens is 398 g/mol. The number of imidazole rings is 1. The number of amidine groups is 1. The Balaban J connectivity index is 0.00000240.